The molecule has 0 saturated heterocycles. The van der Waals surface area contributed by atoms with E-state index >= 15 is 0 Å². The van der Waals surface area contributed by atoms with E-state index in [-0.39, 0.29) is 0 Å². The van der Waals surface area contributed by atoms with Crippen LogP contribution in [0.1, 0.15) is 37.7 Å². The third-order valence-electron chi connectivity index (χ3n) is 3.80. The molecule has 1 aromatic rings. The molecule has 3 N–H and O–H groups in total. The quantitative estimate of drug-likeness (QED) is 0.783. The Balaban J connectivity index is 1.73. The van der Waals surface area contributed by atoms with Gasteiger partial charge in [-0.25, -0.2) is 0 Å². The molecule has 1 fully saturated rings. The zero-order valence-corrected chi connectivity index (χ0v) is 10.6. The number of nitrogens with two attached hydrogens (primary N) is 1. The number of nitrogens with one attached hydrogen (secondary N) is 1. The van der Waals surface area contributed by atoms with E-state index in [0.717, 1.165) is 13.1 Å². The van der Waals surface area contributed by atoms with Crippen LogP contribution < -0.4 is 11.1 Å². The normalized spacial score (nSPS) is 25.5. The molecule has 0 aliphatic heterocycles. The van der Waals surface area contributed by atoms with Crippen LogP contribution >= 0.6 is 0 Å². The molecule has 2 nitrogen and oxygen atoms in total. The molecule has 0 spiro atoms. The van der Waals surface area contributed by atoms with Gasteiger partial charge in [-0.1, -0.05) is 49.6 Å². The fraction of sp³-hybridized carbons (Fsp3) is 0.600. The van der Waals surface area contributed by atoms with Gasteiger partial charge in [0.1, 0.15) is 0 Å². The highest BCUT2D eigenvalue weighted by Gasteiger charge is 2.19. The van der Waals surface area contributed by atoms with E-state index in [9.17, 15) is 0 Å². The fourth-order valence-electron chi connectivity index (χ4n) is 2.66. The lowest BCUT2D eigenvalue weighted by Gasteiger charge is -2.21. The molecule has 2 atom stereocenters. The monoisotopic (exact) mass is 232 g/mol. The largest absolute Gasteiger partial charge is 0.327 e. The number of hydrogen-bond donors (Lipinski definition) is 2. The van der Waals surface area contributed by atoms with Gasteiger partial charge in [-0.05, 0) is 30.9 Å². The van der Waals surface area contributed by atoms with Gasteiger partial charge in [-0.2, -0.15) is 0 Å². The summed E-state index contributed by atoms with van der Waals surface area (Å²) in [5, 5.41) is 3.55. The minimum atomic E-state index is 0.403. The van der Waals surface area contributed by atoms with Crippen molar-refractivity contribution in [1.29, 1.82) is 0 Å². The van der Waals surface area contributed by atoms with Gasteiger partial charge in [-0.15, -0.1) is 0 Å². The minimum absolute atomic E-state index is 0.403. The first kappa shape index (κ1) is 12.6. The molecule has 2 unspecified atom stereocenters. The molecule has 0 heterocycles. The van der Waals surface area contributed by atoms with Crippen LogP contribution in [0.5, 0.6) is 0 Å². The third-order valence-corrected chi connectivity index (χ3v) is 3.80. The van der Waals surface area contributed by atoms with Gasteiger partial charge < -0.3 is 11.1 Å². The third kappa shape index (κ3) is 4.14. The summed E-state index contributed by atoms with van der Waals surface area (Å²) in [4.78, 5) is 0. The Hall–Kier alpha value is -0.860. The molecule has 2 heteroatoms. The molecule has 17 heavy (non-hydrogen) atoms. The molecule has 0 aromatic heterocycles. The van der Waals surface area contributed by atoms with E-state index in [0.29, 0.717) is 12.0 Å². The molecule has 94 valence electrons. The molecule has 1 aliphatic rings. The Morgan fingerprint density at radius 3 is 2.65 bits per heavy atom. The molecular weight excluding hydrogens is 208 g/mol. The van der Waals surface area contributed by atoms with Crippen molar-refractivity contribution in [3.05, 3.63) is 35.9 Å². The number of hydrogen-bond acceptors (Lipinski definition) is 2. The summed E-state index contributed by atoms with van der Waals surface area (Å²) in [7, 11) is 0. The molecule has 1 aliphatic carbocycles. The van der Waals surface area contributed by atoms with Crippen molar-refractivity contribution in [2.24, 2.45) is 11.7 Å². The van der Waals surface area contributed by atoms with Gasteiger partial charge in [0.25, 0.3) is 0 Å². The predicted molar refractivity (Wildman–Crippen MR) is 72.7 cm³/mol. The van der Waals surface area contributed by atoms with Gasteiger partial charge >= 0.3 is 0 Å². The van der Waals surface area contributed by atoms with Crippen LogP contribution in [0.3, 0.4) is 0 Å². The van der Waals surface area contributed by atoms with Crippen molar-refractivity contribution in [3.63, 3.8) is 0 Å². The van der Waals surface area contributed by atoms with Crippen LogP contribution in [-0.4, -0.2) is 12.6 Å². The maximum Gasteiger partial charge on any atom is 0.0205 e. The number of benzene rings is 1. The van der Waals surface area contributed by atoms with Crippen LogP contribution in [-0.2, 0) is 6.54 Å². The molecular formula is C15H24N2. The van der Waals surface area contributed by atoms with Crippen molar-refractivity contribution < 1.29 is 0 Å². The Bertz CT molecular complexity index is 310. The second kappa shape index (κ2) is 6.77. The zero-order chi connectivity index (χ0) is 11.9. The van der Waals surface area contributed by atoms with Crippen LogP contribution in [0.4, 0.5) is 0 Å². The summed E-state index contributed by atoms with van der Waals surface area (Å²) < 4.78 is 0. The first-order valence-corrected chi connectivity index (χ1v) is 6.86. The summed E-state index contributed by atoms with van der Waals surface area (Å²) in [5.41, 5.74) is 7.57. The van der Waals surface area contributed by atoms with Crippen LogP contribution in [0, 0.1) is 5.92 Å². The van der Waals surface area contributed by atoms with E-state index in [2.05, 4.69) is 35.6 Å². The highest BCUT2D eigenvalue weighted by Crippen LogP contribution is 2.21. The Labute approximate surface area is 105 Å². The first-order chi connectivity index (χ1) is 8.36. The van der Waals surface area contributed by atoms with Crippen molar-refractivity contribution in [1.82, 2.24) is 5.32 Å². The molecule has 0 amide bonds. The van der Waals surface area contributed by atoms with Crippen molar-refractivity contribution in [2.75, 3.05) is 6.54 Å². The minimum Gasteiger partial charge on any atom is -0.327 e. The van der Waals surface area contributed by atoms with E-state index < -0.39 is 0 Å². The van der Waals surface area contributed by atoms with Gasteiger partial charge in [-0.3, -0.25) is 0 Å². The summed E-state index contributed by atoms with van der Waals surface area (Å²) in [6.45, 7) is 2.03. The smallest absolute Gasteiger partial charge is 0.0205 e. The summed E-state index contributed by atoms with van der Waals surface area (Å²) in [5.74, 6) is 0.668. The van der Waals surface area contributed by atoms with E-state index in [1.54, 1.807) is 0 Å². The van der Waals surface area contributed by atoms with Crippen LogP contribution in [0.2, 0.25) is 0 Å². The lowest BCUT2D eigenvalue weighted by Crippen LogP contribution is -2.36. The maximum atomic E-state index is 6.22. The van der Waals surface area contributed by atoms with Crippen molar-refractivity contribution in [2.45, 2.75) is 44.7 Å². The molecule has 1 saturated carbocycles. The van der Waals surface area contributed by atoms with Crippen LogP contribution in [0.15, 0.2) is 30.3 Å². The van der Waals surface area contributed by atoms with E-state index in [1.165, 1.54) is 37.7 Å². The highest BCUT2D eigenvalue weighted by molar-refractivity contribution is 5.14. The Morgan fingerprint density at radius 1 is 1.06 bits per heavy atom. The maximum absolute atomic E-state index is 6.22. The van der Waals surface area contributed by atoms with Gasteiger partial charge in [0, 0.05) is 12.6 Å². The fourth-order valence-corrected chi connectivity index (χ4v) is 2.66. The van der Waals surface area contributed by atoms with Crippen molar-refractivity contribution >= 4 is 0 Å². The average molecular weight is 232 g/mol. The molecule has 2 rings (SSSR count). The lowest BCUT2D eigenvalue weighted by atomic mass is 9.95. The lowest BCUT2D eigenvalue weighted by molar-refractivity contribution is 0.374. The highest BCUT2D eigenvalue weighted by atomic mass is 14.9. The molecule has 0 bridgehead atoms. The predicted octanol–water partition coefficient (Wildman–Crippen LogP) is 2.68. The molecule has 1 aromatic carbocycles. The van der Waals surface area contributed by atoms with E-state index in [4.69, 9.17) is 5.73 Å². The molecule has 0 radical (unpaired) electrons. The summed E-state index contributed by atoms with van der Waals surface area (Å²) in [6.07, 6.45) is 6.53. The Morgan fingerprint density at radius 2 is 1.82 bits per heavy atom. The van der Waals surface area contributed by atoms with E-state index in [1.807, 2.05) is 0 Å². The summed E-state index contributed by atoms with van der Waals surface area (Å²) in [6, 6.07) is 11.0. The van der Waals surface area contributed by atoms with Gasteiger partial charge in [0.15, 0.2) is 0 Å². The second-order valence-electron chi connectivity index (χ2n) is 5.18. The Kier molecular flexibility index (Phi) is 5.02. The topological polar surface area (TPSA) is 38.0 Å². The van der Waals surface area contributed by atoms with Gasteiger partial charge in [0.05, 0.1) is 0 Å². The van der Waals surface area contributed by atoms with Gasteiger partial charge in [0.2, 0.25) is 0 Å². The first-order valence-electron chi connectivity index (χ1n) is 6.86. The summed E-state index contributed by atoms with van der Waals surface area (Å²) >= 11 is 0. The zero-order valence-electron chi connectivity index (χ0n) is 10.6. The van der Waals surface area contributed by atoms with Crippen LogP contribution in [0.25, 0.3) is 0 Å². The second-order valence-corrected chi connectivity index (χ2v) is 5.18. The average Bonchev–Trinajstić information content (AvgIpc) is 2.56. The standard InChI is InChI=1S/C15H24N2/c16-15-10-6-2-5-9-14(15)12-17-11-13-7-3-1-4-8-13/h1,3-4,7-8,14-15,17H,2,5-6,9-12,16H2. The SMILES string of the molecule is NC1CCCCCC1CNCc1ccccc1. The number of rotatable bonds is 4. The van der Waals surface area contributed by atoms with Crippen molar-refractivity contribution in [3.8, 4) is 0 Å².